The number of nitrogens with one attached hydrogen (secondary N) is 2. The van der Waals surface area contributed by atoms with Crippen molar-refractivity contribution in [3.63, 3.8) is 0 Å². The summed E-state index contributed by atoms with van der Waals surface area (Å²) < 4.78 is 5.38. The summed E-state index contributed by atoms with van der Waals surface area (Å²) in [4.78, 5) is 27.1. The summed E-state index contributed by atoms with van der Waals surface area (Å²) in [5, 5.41) is 6.17. The van der Waals surface area contributed by atoms with Crippen LogP contribution in [0.15, 0.2) is 24.3 Å². The number of carbonyl (C=O) groups excluding carboxylic acids is 2. The van der Waals surface area contributed by atoms with Crippen LogP contribution >= 0.6 is 0 Å². The van der Waals surface area contributed by atoms with Gasteiger partial charge in [-0.3, -0.25) is 9.59 Å². The molecule has 3 rings (SSSR count). The number of anilines is 1. The van der Waals surface area contributed by atoms with E-state index in [1.54, 1.807) is 12.1 Å². The minimum Gasteiger partial charge on any atom is -0.378 e. The number of ether oxygens (including phenoxy) is 1. The van der Waals surface area contributed by atoms with Crippen molar-refractivity contribution in [3.8, 4) is 0 Å². The lowest BCUT2D eigenvalue weighted by molar-refractivity contribution is -0.117. The molecule has 0 saturated carbocycles. The smallest absolute Gasteiger partial charge is 0.255 e. The fraction of sp³-hybridized carbons (Fsp3) is 0.579. The molecule has 136 valence electrons. The minimum atomic E-state index is -0.101. The van der Waals surface area contributed by atoms with E-state index in [0.717, 1.165) is 32.5 Å². The summed E-state index contributed by atoms with van der Waals surface area (Å²) in [6, 6.07) is 7.29. The second-order valence-corrected chi connectivity index (χ2v) is 7.00. The number of benzene rings is 1. The lowest BCUT2D eigenvalue weighted by Crippen LogP contribution is -2.43. The first-order chi connectivity index (χ1) is 12.1. The predicted octanol–water partition coefficient (Wildman–Crippen LogP) is 1.88. The Balaban J connectivity index is 1.63. The number of hydrogen-bond acceptors (Lipinski definition) is 4. The number of para-hydroxylation sites is 1. The maximum Gasteiger partial charge on any atom is 0.255 e. The standard InChI is InChI=1S/C19H27N3O3/c1-14-6-9-22(10-7-14)19(24)16-4-2-3-5-17(16)21-18(23)12-15-13-25-11-8-20-15/h2-5,14-15,20H,6-13H2,1H3,(H,21,23). The Labute approximate surface area is 148 Å². The average molecular weight is 345 g/mol. The third-order valence-electron chi connectivity index (χ3n) is 4.93. The molecule has 2 aliphatic rings. The first-order valence-corrected chi connectivity index (χ1v) is 9.13. The zero-order valence-electron chi connectivity index (χ0n) is 14.8. The van der Waals surface area contributed by atoms with Crippen LogP contribution in [0.4, 0.5) is 5.69 Å². The van der Waals surface area contributed by atoms with Gasteiger partial charge in [0.15, 0.2) is 0 Å². The molecule has 0 spiro atoms. The third-order valence-corrected chi connectivity index (χ3v) is 4.93. The highest BCUT2D eigenvalue weighted by atomic mass is 16.5. The van der Waals surface area contributed by atoms with Gasteiger partial charge in [-0.15, -0.1) is 0 Å². The lowest BCUT2D eigenvalue weighted by atomic mass is 9.98. The third kappa shape index (κ3) is 4.80. The summed E-state index contributed by atoms with van der Waals surface area (Å²) >= 11 is 0. The van der Waals surface area contributed by atoms with Gasteiger partial charge in [0.05, 0.1) is 24.5 Å². The Morgan fingerprint density at radius 3 is 2.76 bits per heavy atom. The molecule has 1 aromatic rings. The molecule has 2 amide bonds. The van der Waals surface area contributed by atoms with Crippen molar-refractivity contribution in [1.29, 1.82) is 0 Å². The number of hydrogen-bond donors (Lipinski definition) is 2. The van der Waals surface area contributed by atoms with E-state index in [2.05, 4.69) is 17.6 Å². The molecule has 1 atom stereocenters. The van der Waals surface area contributed by atoms with Crippen LogP contribution in [0.1, 0.15) is 36.5 Å². The first kappa shape index (κ1) is 17.9. The van der Waals surface area contributed by atoms with Crippen LogP contribution in [0.5, 0.6) is 0 Å². The van der Waals surface area contributed by atoms with E-state index < -0.39 is 0 Å². The average Bonchev–Trinajstić information content (AvgIpc) is 2.63. The second kappa shape index (κ2) is 8.45. The molecule has 1 aromatic carbocycles. The lowest BCUT2D eigenvalue weighted by Gasteiger charge is -2.31. The van der Waals surface area contributed by atoms with Crippen LogP contribution < -0.4 is 10.6 Å². The Bertz CT molecular complexity index is 606. The second-order valence-electron chi connectivity index (χ2n) is 7.00. The number of piperidine rings is 1. The molecule has 2 N–H and O–H groups in total. The molecule has 0 aromatic heterocycles. The van der Waals surface area contributed by atoms with Gasteiger partial charge in [0.25, 0.3) is 5.91 Å². The molecule has 2 fully saturated rings. The van der Waals surface area contributed by atoms with Crippen LogP contribution in [0.2, 0.25) is 0 Å². The first-order valence-electron chi connectivity index (χ1n) is 9.13. The van der Waals surface area contributed by atoms with Gasteiger partial charge in [-0.2, -0.15) is 0 Å². The van der Waals surface area contributed by atoms with Crippen molar-refractivity contribution in [2.75, 3.05) is 38.2 Å². The maximum atomic E-state index is 12.8. The number of amides is 2. The molecule has 2 heterocycles. The summed E-state index contributed by atoms with van der Waals surface area (Å²) in [6.45, 7) is 5.78. The summed E-state index contributed by atoms with van der Waals surface area (Å²) in [7, 11) is 0. The van der Waals surface area contributed by atoms with Crippen molar-refractivity contribution < 1.29 is 14.3 Å². The number of rotatable bonds is 4. The molecule has 6 heteroatoms. The zero-order valence-corrected chi connectivity index (χ0v) is 14.8. The summed E-state index contributed by atoms with van der Waals surface area (Å²) in [5.41, 5.74) is 1.16. The van der Waals surface area contributed by atoms with Gasteiger partial charge in [0.2, 0.25) is 5.91 Å². The van der Waals surface area contributed by atoms with Gasteiger partial charge in [0, 0.05) is 32.1 Å². The van der Waals surface area contributed by atoms with Crippen LogP contribution in [0, 0.1) is 5.92 Å². The molecule has 2 saturated heterocycles. The molecule has 1 unspecified atom stereocenters. The van der Waals surface area contributed by atoms with E-state index >= 15 is 0 Å². The van der Waals surface area contributed by atoms with E-state index in [-0.39, 0.29) is 17.9 Å². The molecular formula is C19H27N3O3. The fourth-order valence-electron chi connectivity index (χ4n) is 3.34. The fourth-order valence-corrected chi connectivity index (χ4v) is 3.34. The molecule has 2 aliphatic heterocycles. The van der Waals surface area contributed by atoms with Crippen molar-refractivity contribution in [3.05, 3.63) is 29.8 Å². The molecular weight excluding hydrogens is 318 g/mol. The maximum absolute atomic E-state index is 12.8. The van der Waals surface area contributed by atoms with Gasteiger partial charge in [-0.1, -0.05) is 19.1 Å². The Morgan fingerprint density at radius 2 is 2.04 bits per heavy atom. The van der Waals surface area contributed by atoms with E-state index in [1.807, 2.05) is 17.0 Å². The number of morpholine rings is 1. The van der Waals surface area contributed by atoms with Crippen molar-refractivity contribution in [2.24, 2.45) is 5.92 Å². The molecule has 0 radical (unpaired) electrons. The highest BCUT2D eigenvalue weighted by Crippen LogP contribution is 2.22. The quantitative estimate of drug-likeness (QED) is 0.874. The zero-order chi connectivity index (χ0) is 17.6. The van der Waals surface area contributed by atoms with Gasteiger partial charge in [-0.05, 0) is 30.9 Å². The van der Waals surface area contributed by atoms with Gasteiger partial charge in [-0.25, -0.2) is 0 Å². The van der Waals surface area contributed by atoms with Crippen LogP contribution in [-0.2, 0) is 9.53 Å². The van der Waals surface area contributed by atoms with Crippen molar-refractivity contribution in [2.45, 2.75) is 32.2 Å². The molecule has 0 aliphatic carbocycles. The SMILES string of the molecule is CC1CCN(C(=O)c2ccccc2NC(=O)CC2COCCN2)CC1. The minimum absolute atomic E-state index is 0.00178. The predicted molar refractivity (Wildman–Crippen MR) is 96.6 cm³/mol. The highest BCUT2D eigenvalue weighted by Gasteiger charge is 2.24. The summed E-state index contributed by atoms with van der Waals surface area (Å²) in [6.07, 6.45) is 2.41. The number of carbonyl (C=O) groups is 2. The Morgan fingerprint density at radius 1 is 1.28 bits per heavy atom. The molecule has 25 heavy (non-hydrogen) atoms. The van der Waals surface area contributed by atoms with E-state index in [9.17, 15) is 9.59 Å². The van der Waals surface area contributed by atoms with E-state index in [4.69, 9.17) is 4.74 Å². The monoisotopic (exact) mass is 345 g/mol. The Hall–Kier alpha value is -1.92. The van der Waals surface area contributed by atoms with Crippen LogP contribution in [0.3, 0.4) is 0 Å². The van der Waals surface area contributed by atoms with Gasteiger partial charge < -0.3 is 20.3 Å². The molecule has 0 bridgehead atoms. The number of nitrogens with zero attached hydrogens (tertiary/aromatic N) is 1. The van der Waals surface area contributed by atoms with Gasteiger partial charge >= 0.3 is 0 Å². The summed E-state index contributed by atoms with van der Waals surface area (Å²) in [5.74, 6) is 0.571. The van der Waals surface area contributed by atoms with Crippen LogP contribution in [0.25, 0.3) is 0 Å². The van der Waals surface area contributed by atoms with E-state index in [0.29, 0.717) is 36.8 Å². The van der Waals surface area contributed by atoms with Crippen molar-refractivity contribution in [1.82, 2.24) is 10.2 Å². The Kier molecular flexibility index (Phi) is 6.04. The molecule has 6 nitrogen and oxygen atoms in total. The normalized spacial score (nSPS) is 21.8. The topological polar surface area (TPSA) is 70.7 Å². The number of likely N-dealkylation sites (tertiary alicyclic amines) is 1. The highest BCUT2D eigenvalue weighted by molar-refractivity contribution is 6.03. The van der Waals surface area contributed by atoms with E-state index in [1.165, 1.54) is 0 Å². The van der Waals surface area contributed by atoms with Crippen LogP contribution in [-0.4, -0.2) is 55.6 Å². The van der Waals surface area contributed by atoms with Gasteiger partial charge in [0.1, 0.15) is 0 Å². The largest absolute Gasteiger partial charge is 0.378 e. The van der Waals surface area contributed by atoms with Crippen molar-refractivity contribution >= 4 is 17.5 Å².